The highest BCUT2D eigenvalue weighted by Gasteiger charge is 2.47. The van der Waals surface area contributed by atoms with Gasteiger partial charge in [-0.2, -0.15) is 5.21 Å². The Hall–Kier alpha value is -2.52. The quantitative estimate of drug-likeness (QED) is 0.661. The van der Waals surface area contributed by atoms with Crippen molar-refractivity contribution in [2.75, 3.05) is 13.6 Å². The van der Waals surface area contributed by atoms with Gasteiger partial charge in [-0.1, -0.05) is 25.0 Å². The molecule has 0 spiro atoms. The zero-order valence-electron chi connectivity index (χ0n) is 13.5. The van der Waals surface area contributed by atoms with E-state index in [9.17, 15) is 14.4 Å². The second kappa shape index (κ2) is 6.71. The van der Waals surface area contributed by atoms with E-state index in [1.54, 1.807) is 14.0 Å². The van der Waals surface area contributed by atoms with Crippen molar-refractivity contribution in [3.63, 3.8) is 0 Å². The van der Waals surface area contributed by atoms with Crippen molar-refractivity contribution in [3.8, 4) is 0 Å². The maximum atomic E-state index is 12.5. The summed E-state index contributed by atoms with van der Waals surface area (Å²) in [5.41, 5.74) is -0.931. The number of tetrazole rings is 1. The monoisotopic (exact) mass is 323 g/mol. The minimum absolute atomic E-state index is 0.145. The van der Waals surface area contributed by atoms with Gasteiger partial charge in [-0.3, -0.25) is 14.5 Å². The van der Waals surface area contributed by atoms with Crippen molar-refractivity contribution >= 4 is 17.8 Å². The summed E-state index contributed by atoms with van der Waals surface area (Å²) in [6.45, 7) is 3.54. The van der Waals surface area contributed by atoms with E-state index in [0.717, 1.165) is 17.7 Å². The number of aromatic nitrogens is 4. The fraction of sp³-hybridized carbons (Fsp3) is 0.692. The van der Waals surface area contributed by atoms with Gasteiger partial charge in [0.05, 0.1) is 6.54 Å². The van der Waals surface area contributed by atoms with Crippen LogP contribution in [0.2, 0.25) is 0 Å². The molecule has 0 radical (unpaired) electrons. The maximum absolute atomic E-state index is 12.5. The second-order valence-electron chi connectivity index (χ2n) is 5.83. The van der Waals surface area contributed by atoms with Crippen LogP contribution in [0.25, 0.3) is 0 Å². The molecule has 126 valence electrons. The first-order chi connectivity index (χ1) is 10.9. The number of unbranched alkanes of at least 4 members (excludes halogenated alkanes) is 1. The Morgan fingerprint density at radius 3 is 2.74 bits per heavy atom. The summed E-state index contributed by atoms with van der Waals surface area (Å²) >= 11 is 0. The second-order valence-corrected chi connectivity index (χ2v) is 5.83. The lowest BCUT2D eigenvalue weighted by atomic mass is 9.95. The Labute approximate surface area is 133 Å². The molecule has 10 nitrogen and oxygen atoms in total. The Morgan fingerprint density at radius 2 is 2.13 bits per heavy atom. The number of aromatic amines is 1. The number of amides is 4. The van der Waals surface area contributed by atoms with E-state index in [-0.39, 0.29) is 24.9 Å². The maximum Gasteiger partial charge on any atom is 0.325 e. The lowest BCUT2D eigenvalue weighted by Gasteiger charge is -2.22. The van der Waals surface area contributed by atoms with Crippen molar-refractivity contribution in [2.24, 2.45) is 0 Å². The number of H-pyrrole nitrogens is 1. The van der Waals surface area contributed by atoms with E-state index in [4.69, 9.17) is 0 Å². The number of hydrogen-bond acceptors (Lipinski definition) is 6. The van der Waals surface area contributed by atoms with Gasteiger partial charge >= 0.3 is 6.03 Å². The van der Waals surface area contributed by atoms with Crippen molar-refractivity contribution in [2.45, 2.75) is 45.2 Å². The number of rotatable bonds is 7. The molecule has 0 saturated carbocycles. The number of imide groups is 1. The summed E-state index contributed by atoms with van der Waals surface area (Å²) < 4.78 is 0. The van der Waals surface area contributed by atoms with Gasteiger partial charge < -0.3 is 10.2 Å². The lowest BCUT2D eigenvalue weighted by Crippen LogP contribution is -2.45. The zero-order chi connectivity index (χ0) is 17.0. The summed E-state index contributed by atoms with van der Waals surface area (Å²) in [6.07, 6.45) is 2.30. The van der Waals surface area contributed by atoms with E-state index in [1.165, 1.54) is 4.90 Å². The van der Waals surface area contributed by atoms with Crippen LogP contribution in [-0.2, 0) is 16.1 Å². The molecular formula is C13H21N7O3. The van der Waals surface area contributed by atoms with Crippen molar-refractivity contribution < 1.29 is 14.4 Å². The zero-order valence-corrected chi connectivity index (χ0v) is 13.5. The molecule has 1 aliphatic rings. The normalized spacial score (nSPS) is 20.7. The molecule has 1 aliphatic heterocycles. The van der Waals surface area contributed by atoms with Gasteiger partial charge in [-0.05, 0) is 13.3 Å². The number of nitrogens with zero attached hydrogens (tertiary/aromatic N) is 5. The third-order valence-corrected chi connectivity index (χ3v) is 3.86. The van der Waals surface area contributed by atoms with Crippen molar-refractivity contribution in [3.05, 3.63) is 5.82 Å². The molecule has 10 heteroatoms. The van der Waals surface area contributed by atoms with Crippen LogP contribution in [0.4, 0.5) is 4.79 Å². The van der Waals surface area contributed by atoms with Crippen LogP contribution in [0.15, 0.2) is 0 Å². The van der Waals surface area contributed by atoms with Gasteiger partial charge in [0.15, 0.2) is 5.82 Å². The Morgan fingerprint density at radius 1 is 1.39 bits per heavy atom. The van der Waals surface area contributed by atoms with E-state index in [2.05, 4.69) is 25.9 Å². The largest absolute Gasteiger partial charge is 0.337 e. The minimum Gasteiger partial charge on any atom is -0.337 e. The van der Waals surface area contributed by atoms with Crippen LogP contribution >= 0.6 is 0 Å². The average Bonchev–Trinajstić information content (AvgIpc) is 3.08. The average molecular weight is 323 g/mol. The topological polar surface area (TPSA) is 124 Å². The SMILES string of the molecule is CCCCC1(C)NC(=O)N(CC(=O)N(C)Cc2nn[nH]n2)C1=O. The van der Waals surface area contributed by atoms with Crippen LogP contribution < -0.4 is 5.32 Å². The third kappa shape index (κ3) is 3.63. The number of nitrogens with one attached hydrogen (secondary N) is 2. The standard InChI is InChI=1S/C13H21N7O3/c1-4-5-6-13(2)11(22)20(12(23)14-13)8-10(21)19(3)7-9-15-17-18-16-9/h4-8H2,1-3H3,(H,14,23)(H,15,16,17,18). The van der Waals surface area contributed by atoms with E-state index in [0.29, 0.717) is 12.2 Å². The molecule has 1 fully saturated rings. The number of carbonyl (C=O) groups excluding carboxylic acids is 3. The van der Waals surface area contributed by atoms with Gasteiger partial charge in [0.25, 0.3) is 5.91 Å². The molecule has 2 heterocycles. The van der Waals surface area contributed by atoms with Crippen LogP contribution in [0.3, 0.4) is 0 Å². The molecule has 1 aromatic heterocycles. The first-order valence-electron chi connectivity index (χ1n) is 7.48. The highest BCUT2D eigenvalue weighted by atomic mass is 16.2. The number of carbonyl (C=O) groups is 3. The van der Waals surface area contributed by atoms with Gasteiger partial charge in [0.2, 0.25) is 5.91 Å². The summed E-state index contributed by atoms with van der Waals surface area (Å²) in [5, 5.41) is 15.9. The number of urea groups is 1. The van der Waals surface area contributed by atoms with Crippen LogP contribution in [0.5, 0.6) is 0 Å². The van der Waals surface area contributed by atoms with E-state index < -0.39 is 11.6 Å². The smallest absolute Gasteiger partial charge is 0.325 e. The fourth-order valence-corrected chi connectivity index (χ4v) is 2.40. The lowest BCUT2D eigenvalue weighted by molar-refractivity contribution is -0.138. The molecule has 1 aromatic rings. The summed E-state index contributed by atoms with van der Waals surface area (Å²) in [6, 6.07) is -0.532. The fourth-order valence-electron chi connectivity index (χ4n) is 2.40. The van der Waals surface area contributed by atoms with Crippen LogP contribution in [0.1, 0.15) is 38.9 Å². The molecule has 0 bridgehead atoms. The first kappa shape index (κ1) is 16.8. The molecule has 2 N–H and O–H groups in total. The van der Waals surface area contributed by atoms with E-state index >= 15 is 0 Å². The minimum atomic E-state index is -0.931. The predicted octanol–water partition coefficient (Wildman–Crippen LogP) is -0.341. The third-order valence-electron chi connectivity index (χ3n) is 3.86. The summed E-state index contributed by atoms with van der Waals surface area (Å²) in [7, 11) is 1.55. The van der Waals surface area contributed by atoms with Gasteiger partial charge in [-0.25, -0.2) is 4.79 Å². The molecule has 0 aromatic carbocycles. The predicted molar refractivity (Wildman–Crippen MR) is 78.8 cm³/mol. The highest BCUT2D eigenvalue weighted by Crippen LogP contribution is 2.23. The molecular weight excluding hydrogens is 302 g/mol. The summed E-state index contributed by atoms with van der Waals surface area (Å²) in [4.78, 5) is 39.0. The Balaban J connectivity index is 1.97. The molecule has 23 heavy (non-hydrogen) atoms. The van der Waals surface area contributed by atoms with Gasteiger partial charge in [-0.15, -0.1) is 10.2 Å². The molecule has 4 amide bonds. The van der Waals surface area contributed by atoms with Crippen molar-refractivity contribution in [1.29, 1.82) is 0 Å². The van der Waals surface area contributed by atoms with Gasteiger partial charge in [0.1, 0.15) is 12.1 Å². The van der Waals surface area contributed by atoms with Crippen LogP contribution in [-0.4, -0.2) is 67.4 Å². The van der Waals surface area contributed by atoms with Crippen molar-refractivity contribution in [1.82, 2.24) is 35.7 Å². The van der Waals surface area contributed by atoms with Gasteiger partial charge in [0, 0.05) is 7.05 Å². The number of hydrogen-bond donors (Lipinski definition) is 2. The summed E-state index contributed by atoms with van der Waals surface area (Å²) in [5.74, 6) is -0.388. The molecule has 2 rings (SSSR count). The molecule has 0 aliphatic carbocycles. The Bertz CT molecular complexity index is 588. The highest BCUT2D eigenvalue weighted by molar-refractivity contribution is 6.08. The van der Waals surface area contributed by atoms with Crippen LogP contribution in [0, 0.1) is 0 Å². The Kier molecular flexibility index (Phi) is 4.92. The molecule has 1 saturated heterocycles. The molecule has 1 unspecified atom stereocenters. The number of likely N-dealkylation sites (N-methyl/N-ethyl adjacent to an activating group) is 1. The first-order valence-corrected chi connectivity index (χ1v) is 7.48. The molecule has 1 atom stereocenters. The van der Waals surface area contributed by atoms with E-state index in [1.807, 2.05) is 6.92 Å².